The minimum absolute atomic E-state index is 0.140. The zero-order valence-corrected chi connectivity index (χ0v) is 18.3. The highest BCUT2D eigenvalue weighted by Crippen LogP contribution is 2.43. The second kappa shape index (κ2) is 9.80. The molecule has 1 aromatic carbocycles. The topological polar surface area (TPSA) is 92.6 Å². The fourth-order valence-corrected chi connectivity index (χ4v) is 5.57. The third kappa shape index (κ3) is 5.63. The second-order valence-corrected chi connectivity index (χ2v) is 9.52. The van der Waals surface area contributed by atoms with Gasteiger partial charge in [0.15, 0.2) is 0 Å². The Hall–Kier alpha value is -1.81. The number of nitro groups is 1. The van der Waals surface area contributed by atoms with Gasteiger partial charge in [-0.05, 0) is 31.0 Å². The lowest BCUT2D eigenvalue weighted by Crippen LogP contribution is -2.30. The van der Waals surface area contributed by atoms with Gasteiger partial charge in [-0.3, -0.25) is 19.7 Å². The van der Waals surface area contributed by atoms with E-state index in [0.29, 0.717) is 45.1 Å². The molecule has 2 amide bonds. The van der Waals surface area contributed by atoms with Crippen molar-refractivity contribution in [1.29, 1.82) is 0 Å². The molecule has 0 unspecified atom stereocenters. The minimum Gasteiger partial charge on any atom is -0.351 e. The van der Waals surface area contributed by atoms with Crippen molar-refractivity contribution in [3.8, 4) is 0 Å². The SMILES string of the molecule is O=C(NCCCN1CCCC1=O)c1cc([N+](=O)[O-])c(Sc2ccc(Cl)cc2Cl)s1. The number of amides is 2. The van der Waals surface area contributed by atoms with E-state index < -0.39 is 4.92 Å². The number of nitrogens with zero attached hydrogens (tertiary/aromatic N) is 2. The Morgan fingerprint density at radius 3 is 2.79 bits per heavy atom. The van der Waals surface area contributed by atoms with E-state index in [1.165, 1.54) is 6.07 Å². The first kappa shape index (κ1) is 21.9. The molecule has 2 aromatic rings. The van der Waals surface area contributed by atoms with Crippen LogP contribution in [0.15, 0.2) is 33.4 Å². The molecule has 2 heterocycles. The van der Waals surface area contributed by atoms with Crippen molar-refractivity contribution in [2.45, 2.75) is 28.4 Å². The second-order valence-electron chi connectivity index (χ2n) is 6.31. The molecule has 1 fully saturated rings. The molecule has 1 N–H and O–H groups in total. The third-order valence-corrected chi connectivity index (χ3v) is 7.31. The summed E-state index contributed by atoms with van der Waals surface area (Å²) in [6, 6.07) is 6.16. The van der Waals surface area contributed by atoms with Crippen LogP contribution in [0.25, 0.3) is 0 Å². The summed E-state index contributed by atoms with van der Waals surface area (Å²) in [5.74, 6) is -0.229. The Balaban J connectivity index is 1.63. The summed E-state index contributed by atoms with van der Waals surface area (Å²) in [4.78, 5) is 37.5. The van der Waals surface area contributed by atoms with Gasteiger partial charge in [0.2, 0.25) is 5.91 Å². The van der Waals surface area contributed by atoms with Gasteiger partial charge in [-0.2, -0.15) is 0 Å². The highest BCUT2D eigenvalue weighted by Gasteiger charge is 2.24. The maximum atomic E-state index is 12.4. The van der Waals surface area contributed by atoms with Gasteiger partial charge in [0, 0.05) is 42.0 Å². The number of carbonyl (C=O) groups is 2. The zero-order valence-electron chi connectivity index (χ0n) is 15.2. The molecule has 1 aliphatic rings. The van der Waals surface area contributed by atoms with Gasteiger partial charge in [0.25, 0.3) is 11.6 Å². The van der Waals surface area contributed by atoms with Crippen LogP contribution in [0.4, 0.5) is 5.69 Å². The van der Waals surface area contributed by atoms with Crippen molar-refractivity contribution in [1.82, 2.24) is 10.2 Å². The number of thiophene rings is 1. The van der Waals surface area contributed by atoms with Crippen LogP contribution >= 0.6 is 46.3 Å². The van der Waals surface area contributed by atoms with Crippen molar-refractivity contribution < 1.29 is 14.5 Å². The van der Waals surface area contributed by atoms with Crippen molar-refractivity contribution in [3.05, 3.63) is 49.3 Å². The van der Waals surface area contributed by atoms with E-state index >= 15 is 0 Å². The number of likely N-dealkylation sites (tertiary alicyclic amines) is 1. The molecule has 3 rings (SSSR count). The largest absolute Gasteiger partial charge is 0.351 e. The number of hydrogen-bond donors (Lipinski definition) is 1. The molecule has 0 saturated carbocycles. The monoisotopic (exact) mass is 473 g/mol. The predicted octanol–water partition coefficient (Wildman–Crippen LogP) is 4.86. The molecule has 11 heteroatoms. The fourth-order valence-electron chi connectivity index (χ4n) is 2.83. The average Bonchev–Trinajstić information content (AvgIpc) is 3.27. The van der Waals surface area contributed by atoms with Crippen molar-refractivity contribution >= 4 is 63.8 Å². The molecular weight excluding hydrogens is 457 g/mol. The van der Waals surface area contributed by atoms with Crippen molar-refractivity contribution in [2.75, 3.05) is 19.6 Å². The lowest BCUT2D eigenvalue weighted by molar-refractivity contribution is -0.387. The molecule has 0 radical (unpaired) electrons. The van der Waals surface area contributed by atoms with Gasteiger partial charge in [-0.15, -0.1) is 11.3 Å². The Morgan fingerprint density at radius 1 is 1.34 bits per heavy atom. The van der Waals surface area contributed by atoms with Gasteiger partial charge >= 0.3 is 0 Å². The molecule has 29 heavy (non-hydrogen) atoms. The van der Waals surface area contributed by atoms with E-state index in [0.717, 1.165) is 36.1 Å². The third-order valence-electron chi connectivity index (χ3n) is 4.26. The molecule has 1 aliphatic heterocycles. The Bertz CT molecular complexity index is 951. The number of carbonyl (C=O) groups excluding carboxylic acids is 2. The summed E-state index contributed by atoms with van der Waals surface area (Å²) < 4.78 is 0.368. The smallest absolute Gasteiger partial charge is 0.294 e. The zero-order chi connectivity index (χ0) is 21.0. The molecule has 0 bridgehead atoms. The average molecular weight is 474 g/mol. The van der Waals surface area contributed by atoms with E-state index in [-0.39, 0.29) is 22.4 Å². The van der Waals surface area contributed by atoms with E-state index in [4.69, 9.17) is 23.2 Å². The lowest BCUT2D eigenvalue weighted by Gasteiger charge is -2.15. The Kier molecular flexibility index (Phi) is 7.39. The predicted molar refractivity (Wildman–Crippen MR) is 114 cm³/mol. The van der Waals surface area contributed by atoms with Gasteiger partial charge < -0.3 is 10.2 Å². The highest BCUT2D eigenvalue weighted by molar-refractivity contribution is 8.01. The molecule has 1 saturated heterocycles. The van der Waals surface area contributed by atoms with Crippen LogP contribution in [-0.4, -0.2) is 41.3 Å². The van der Waals surface area contributed by atoms with Crippen LogP contribution in [0.2, 0.25) is 10.0 Å². The maximum Gasteiger partial charge on any atom is 0.294 e. The Labute approximate surface area is 185 Å². The van der Waals surface area contributed by atoms with Crippen molar-refractivity contribution in [2.24, 2.45) is 0 Å². The maximum absolute atomic E-state index is 12.4. The van der Waals surface area contributed by atoms with E-state index in [9.17, 15) is 19.7 Å². The molecular formula is C18H17Cl2N3O4S2. The summed E-state index contributed by atoms with van der Waals surface area (Å²) in [5.41, 5.74) is -0.140. The number of rotatable bonds is 8. The summed E-state index contributed by atoms with van der Waals surface area (Å²) in [7, 11) is 0. The van der Waals surface area contributed by atoms with Crippen LogP contribution in [0.5, 0.6) is 0 Å². The van der Waals surface area contributed by atoms with E-state index in [1.807, 2.05) is 0 Å². The molecule has 0 aliphatic carbocycles. The highest BCUT2D eigenvalue weighted by atomic mass is 35.5. The van der Waals surface area contributed by atoms with Gasteiger partial charge in [0.1, 0.15) is 9.09 Å². The standard InChI is InChI=1S/C18H17Cl2N3O4S2/c19-11-4-5-14(12(20)9-11)28-18-13(23(26)27)10-15(29-18)17(25)21-6-2-8-22-7-1-3-16(22)24/h4-5,9-10H,1-3,6-8H2,(H,21,25). The van der Waals surface area contributed by atoms with Crippen LogP contribution in [0.1, 0.15) is 28.9 Å². The summed E-state index contributed by atoms with van der Waals surface area (Å²) in [5, 5.41) is 15.0. The van der Waals surface area contributed by atoms with Gasteiger partial charge in [-0.25, -0.2) is 0 Å². The van der Waals surface area contributed by atoms with Crippen LogP contribution in [0.3, 0.4) is 0 Å². The summed E-state index contributed by atoms with van der Waals surface area (Å²) in [6.45, 7) is 1.75. The summed E-state index contributed by atoms with van der Waals surface area (Å²) in [6.07, 6.45) is 2.10. The molecule has 0 spiro atoms. The van der Waals surface area contributed by atoms with E-state index in [2.05, 4.69) is 5.32 Å². The minimum atomic E-state index is -0.515. The first-order valence-electron chi connectivity index (χ1n) is 8.82. The number of hydrogen-bond acceptors (Lipinski definition) is 6. The molecule has 0 atom stereocenters. The fraction of sp³-hybridized carbons (Fsp3) is 0.333. The quantitative estimate of drug-likeness (QED) is 0.335. The van der Waals surface area contributed by atoms with Crippen molar-refractivity contribution in [3.63, 3.8) is 0 Å². The van der Waals surface area contributed by atoms with E-state index in [1.54, 1.807) is 23.1 Å². The molecule has 7 nitrogen and oxygen atoms in total. The first-order chi connectivity index (χ1) is 13.8. The number of halogens is 2. The van der Waals surface area contributed by atoms with Crippen LogP contribution in [0, 0.1) is 10.1 Å². The van der Waals surface area contributed by atoms with Crippen LogP contribution < -0.4 is 5.32 Å². The van der Waals surface area contributed by atoms with Gasteiger partial charge in [-0.1, -0.05) is 35.0 Å². The lowest BCUT2D eigenvalue weighted by atomic mass is 10.3. The number of nitrogens with one attached hydrogen (secondary N) is 1. The van der Waals surface area contributed by atoms with Gasteiger partial charge in [0.05, 0.1) is 9.95 Å². The van der Waals surface area contributed by atoms with Crippen LogP contribution in [-0.2, 0) is 4.79 Å². The number of benzene rings is 1. The normalized spacial score (nSPS) is 13.7. The molecule has 154 valence electrons. The summed E-state index contributed by atoms with van der Waals surface area (Å²) >= 11 is 14.2. The Morgan fingerprint density at radius 2 is 2.14 bits per heavy atom. The molecule has 1 aromatic heterocycles. The first-order valence-corrected chi connectivity index (χ1v) is 11.2.